The van der Waals surface area contributed by atoms with Gasteiger partial charge in [0, 0.05) is 24.8 Å². The highest BCUT2D eigenvalue weighted by Gasteiger charge is 2.38. The number of nitrogens with zero attached hydrogens (tertiary/aromatic N) is 3. The minimum Gasteiger partial charge on any atom is -0.478 e. The van der Waals surface area contributed by atoms with Crippen LogP contribution in [0.4, 0.5) is 19.1 Å². The molecule has 1 atom stereocenters. The summed E-state index contributed by atoms with van der Waals surface area (Å²) < 4.78 is 31.7. The van der Waals surface area contributed by atoms with Crippen LogP contribution in [0.5, 0.6) is 0 Å². The lowest BCUT2D eigenvalue weighted by atomic mass is 10.1. The van der Waals surface area contributed by atoms with E-state index in [0.29, 0.717) is 5.95 Å². The summed E-state index contributed by atoms with van der Waals surface area (Å²) in [7, 11) is 0. The number of rotatable bonds is 4. The van der Waals surface area contributed by atoms with E-state index in [2.05, 4.69) is 20.3 Å². The third-order valence-electron chi connectivity index (χ3n) is 2.67. The Balaban J connectivity index is 0.000000381. The van der Waals surface area contributed by atoms with Crippen molar-refractivity contribution in [3.63, 3.8) is 0 Å². The predicted octanol–water partition coefficient (Wildman–Crippen LogP) is 2.38. The zero-order valence-electron chi connectivity index (χ0n) is 12.7. The van der Waals surface area contributed by atoms with Crippen molar-refractivity contribution >= 4 is 17.9 Å². The van der Waals surface area contributed by atoms with Gasteiger partial charge in [0.05, 0.1) is 11.6 Å². The molecule has 134 valence electrons. The van der Waals surface area contributed by atoms with Crippen LogP contribution in [0, 0.1) is 0 Å². The van der Waals surface area contributed by atoms with E-state index in [9.17, 15) is 18.0 Å². The van der Waals surface area contributed by atoms with Gasteiger partial charge in [-0.05, 0) is 18.6 Å². The maximum absolute atomic E-state index is 10.6. The van der Waals surface area contributed by atoms with Crippen molar-refractivity contribution < 1.29 is 33.0 Å². The number of hydrogen-bond acceptors (Lipinski definition) is 6. The smallest absolute Gasteiger partial charge is 0.478 e. The van der Waals surface area contributed by atoms with Crippen molar-refractivity contribution in [3.05, 3.63) is 48.0 Å². The van der Waals surface area contributed by atoms with Gasteiger partial charge in [0.1, 0.15) is 0 Å². The lowest BCUT2D eigenvalue weighted by Crippen LogP contribution is -2.21. The molecule has 3 N–H and O–H groups in total. The second-order valence-electron chi connectivity index (χ2n) is 4.56. The number of carboxylic acid groups (broad SMARTS) is 2. The topological polar surface area (TPSA) is 125 Å². The third kappa shape index (κ3) is 6.81. The van der Waals surface area contributed by atoms with Crippen LogP contribution in [-0.2, 0) is 4.79 Å². The van der Waals surface area contributed by atoms with Gasteiger partial charge in [0.15, 0.2) is 0 Å². The fourth-order valence-electron chi connectivity index (χ4n) is 1.42. The third-order valence-corrected chi connectivity index (χ3v) is 2.67. The van der Waals surface area contributed by atoms with Gasteiger partial charge < -0.3 is 15.5 Å². The second kappa shape index (κ2) is 8.57. The average Bonchev–Trinajstić information content (AvgIpc) is 2.56. The summed E-state index contributed by atoms with van der Waals surface area (Å²) in [5.41, 5.74) is 1.07. The van der Waals surface area contributed by atoms with E-state index in [1.54, 1.807) is 12.4 Å². The van der Waals surface area contributed by atoms with Crippen LogP contribution in [0.2, 0.25) is 0 Å². The fourth-order valence-corrected chi connectivity index (χ4v) is 1.42. The zero-order chi connectivity index (χ0) is 19.0. The van der Waals surface area contributed by atoms with E-state index in [1.165, 1.54) is 12.4 Å². The van der Waals surface area contributed by atoms with Gasteiger partial charge in [-0.15, -0.1) is 0 Å². The number of aliphatic carboxylic acids is 1. The molecule has 25 heavy (non-hydrogen) atoms. The number of aromatic carboxylic acids is 1. The largest absolute Gasteiger partial charge is 0.490 e. The van der Waals surface area contributed by atoms with Gasteiger partial charge in [-0.3, -0.25) is 4.98 Å². The molecule has 0 spiro atoms. The van der Waals surface area contributed by atoms with Gasteiger partial charge in [0.2, 0.25) is 5.95 Å². The number of alkyl halides is 3. The molecule has 0 amide bonds. The van der Waals surface area contributed by atoms with Crippen LogP contribution in [-0.4, -0.2) is 43.3 Å². The van der Waals surface area contributed by atoms with Gasteiger partial charge in [-0.25, -0.2) is 19.6 Å². The number of hydrogen-bond donors (Lipinski definition) is 3. The van der Waals surface area contributed by atoms with Crippen molar-refractivity contribution in [1.82, 2.24) is 15.0 Å². The lowest BCUT2D eigenvalue weighted by molar-refractivity contribution is -0.192. The van der Waals surface area contributed by atoms with Crippen LogP contribution < -0.4 is 5.32 Å². The van der Waals surface area contributed by atoms with Gasteiger partial charge in [0.25, 0.3) is 0 Å². The number of carbonyl (C=O) groups is 2. The number of aromatic nitrogens is 3. The molecule has 2 heterocycles. The Morgan fingerprint density at radius 2 is 1.72 bits per heavy atom. The summed E-state index contributed by atoms with van der Waals surface area (Å²) in [4.78, 5) is 31.5. The molecule has 0 saturated heterocycles. The number of nitrogens with one attached hydrogen (secondary N) is 1. The first-order chi connectivity index (χ1) is 11.6. The summed E-state index contributed by atoms with van der Waals surface area (Å²) in [5.74, 6) is -3.41. The molecule has 1 unspecified atom stereocenters. The number of anilines is 1. The van der Waals surface area contributed by atoms with E-state index >= 15 is 0 Å². The standard InChI is InChI=1S/C12H12N4O2.C2HF3O2/c1-8(9-3-2-4-13-5-9)16-12-14-6-10(7-15-12)11(17)18;3-2(4,5)1(6)7/h2-8H,1H3,(H,17,18)(H,14,15,16);(H,6,7). The normalized spacial score (nSPS) is 11.7. The summed E-state index contributed by atoms with van der Waals surface area (Å²) in [6.45, 7) is 1.95. The van der Waals surface area contributed by atoms with Gasteiger partial charge in [-0.1, -0.05) is 6.07 Å². The Morgan fingerprint density at radius 3 is 2.12 bits per heavy atom. The molecule has 11 heteroatoms. The maximum atomic E-state index is 10.6. The molecule has 0 saturated carbocycles. The molecular formula is C14H13F3N4O4. The highest BCUT2D eigenvalue weighted by molar-refractivity contribution is 5.86. The van der Waals surface area contributed by atoms with Gasteiger partial charge >= 0.3 is 18.1 Å². The molecule has 0 bridgehead atoms. The first kappa shape index (κ1) is 19.8. The fraction of sp³-hybridized carbons (Fsp3) is 0.214. The Labute approximate surface area is 139 Å². The predicted molar refractivity (Wildman–Crippen MR) is 79.0 cm³/mol. The molecule has 0 aliphatic carbocycles. The Kier molecular flexibility index (Phi) is 6.79. The minimum absolute atomic E-state index is 0.00521. The highest BCUT2D eigenvalue weighted by Crippen LogP contribution is 2.15. The maximum Gasteiger partial charge on any atom is 0.490 e. The average molecular weight is 358 g/mol. The van der Waals surface area contributed by atoms with Crippen LogP contribution >= 0.6 is 0 Å². The summed E-state index contributed by atoms with van der Waals surface area (Å²) in [6, 6.07) is 3.78. The quantitative estimate of drug-likeness (QED) is 0.761. The van der Waals surface area contributed by atoms with Crippen molar-refractivity contribution in [2.75, 3.05) is 5.32 Å². The van der Waals surface area contributed by atoms with Gasteiger partial charge in [-0.2, -0.15) is 13.2 Å². The molecule has 2 aromatic heterocycles. The molecule has 0 aliphatic rings. The molecule has 2 aromatic rings. The van der Waals surface area contributed by atoms with Crippen LogP contribution in [0.15, 0.2) is 36.9 Å². The zero-order valence-corrected chi connectivity index (χ0v) is 12.7. The van der Waals surface area contributed by atoms with Crippen LogP contribution in [0.1, 0.15) is 28.9 Å². The molecule has 2 rings (SSSR count). The first-order valence-electron chi connectivity index (χ1n) is 6.63. The van der Waals surface area contributed by atoms with Crippen molar-refractivity contribution in [3.8, 4) is 0 Å². The van der Waals surface area contributed by atoms with Crippen LogP contribution in [0.25, 0.3) is 0 Å². The lowest BCUT2D eigenvalue weighted by Gasteiger charge is -2.13. The van der Waals surface area contributed by atoms with E-state index in [0.717, 1.165) is 5.56 Å². The molecule has 0 radical (unpaired) electrons. The van der Waals surface area contributed by atoms with E-state index < -0.39 is 18.1 Å². The number of pyridine rings is 1. The summed E-state index contributed by atoms with van der Waals surface area (Å²) in [5, 5.41) is 18.9. The Hall–Kier alpha value is -3.24. The molecule has 8 nitrogen and oxygen atoms in total. The number of carboxylic acids is 2. The van der Waals surface area contributed by atoms with E-state index in [-0.39, 0.29) is 11.6 Å². The Morgan fingerprint density at radius 1 is 1.16 bits per heavy atom. The van der Waals surface area contributed by atoms with E-state index in [4.69, 9.17) is 15.0 Å². The van der Waals surface area contributed by atoms with Crippen molar-refractivity contribution in [2.24, 2.45) is 0 Å². The highest BCUT2D eigenvalue weighted by atomic mass is 19.4. The monoisotopic (exact) mass is 358 g/mol. The van der Waals surface area contributed by atoms with E-state index in [1.807, 2.05) is 19.1 Å². The van der Waals surface area contributed by atoms with Crippen molar-refractivity contribution in [1.29, 1.82) is 0 Å². The SMILES string of the molecule is CC(Nc1ncc(C(=O)O)cn1)c1cccnc1.O=C(O)C(F)(F)F. The Bertz CT molecular complexity index is 708. The minimum atomic E-state index is -5.08. The summed E-state index contributed by atoms with van der Waals surface area (Å²) in [6.07, 6.45) is 0.916. The molecule has 0 aromatic carbocycles. The molecule has 0 aliphatic heterocycles. The number of halogens is 3. The van der Waals surface area contributed by atoms with Crippen LogP contribution in [0.3, 0.4) is 0 Å². The molecular weight excluding hydrogens is 345 g/mol. The first-order valence-corrected chi connectivity index (χ1v) is 6.63. The van der Waals surface area contributed by atoms with Crippen molar-refractivity contribution in [2.45, 2.75) is 19.1 Å². The summed E-state index contributed by atoms with van der Waals surface area (Å²) >= 11 is 0. The second-order valence-corrected chi connectivity index (χ2v) is 4.56. The molecule has 0 fully saturated rings.